The number of nitrogens with zero attached hydrogens (tertiary/aromatic N) is 2. The second kappa shape index (κ2) is 8.33. The summed E-state index contributed by atoms with van der Waals surface area (Å²) in [7, 11) is 0. The quantitative estimate of drug-likeness (QED) is 0.607. The van der Waals surface area contributed by atoms with E-state index in [1.165, 1.54) is 16.7 Å². The number of fused-ring (bicyclic) bond motifs is 2. The molecule has 7 heteroatoms. The van der Waals surface area contributed by atoms with Gasteiger partial charge in [0.15, 0.2) is 0 Å². The van der Waals surface area contributed by atoms with E-state index < -0.39 is 4.87 Å². The van der Waals surface area contributed by atoms with Crippen molar-refractivity contribution in [2.45, 2.75) is 25.6 Å². The molecule has 3 amide bonds. The summed E-state index contributed by atoms with van der Waals surface area (Å²) in [5, 5.41) is 2.93. The van der Waals surface area contributed by atoms with E-state index in [-0.39, 0.29) is 30.0 Å². The molecule has 34 heavy (non-hydrogen) atoms. The molecule has 1 N–H and O–H groups in total. The highest BCUT2D eigenvalue weighted by atomic mass is 32.2. The number of nitrogens with one attached hydrogen (secondary N) is 1. The SMILES string of the molecule is Cc1cccc(N2C(=O)CSC23C(=O)N(CC(=O)Nc2ccc(C)cc2C)c2ccccc23)c1. The smallest absolute Gasteiger partial charge is 0.269 e. The summed E-state index contributed by atoms with van der Waals surface area (Å²) in [6, 6.07) is 20.8. The van der Waals surface area contributed by atoms with E-state index in [0.29, 0.717) is 11.4 Å². The average Bonchev–Trinajstić information content (AvgIpc) is 3.27. The molecule has 3 aromatic carbocycles. The van der Waals surface area contributed by atoms with Crippen molar-refractivity contribution in [3.05, 3.63) is 89.0 Å². The summed E-state index contributed by atoms with van der Waals surface area (Å²) in [5.41, 5.74) is 5.86. The molecule has 0 bridgehead atoms. The summed E-state index contributed by atoms with van der Waals surface area (Å²) < 4.78 is 0. The van der Waals surface area contributed by atoms with Crippen molar-refractivity contribution >= 4 is 46.5 Å². The number of hydrogen-bond acceptors (Lipinski definition) is 4. The van der Waals surface area contributed by atoms with Crippen LogP contribution in [0.15, 0.2) is 66.7 Å². The zero-order chi connectivity index (χ0) is 24.0. The van der Waals surface area contributed by atoms with Crippen molar-refractivity contribution in [1.82, 2.24) is 0 Å². The second-order valence-electron chi connectivity index (χ2n) is 8.78. The van der Waals surface area contributed by atoms with Crippen molar-refractivity contribution in [2.75, 3.05) is 27.4 Å². The minimum atomic E-state index is -1.22. The van der Waals surface area contributed by atoms with Crippen LogP contribution >= 0.6 is 11.8 Å². The Hall–Kier alpha value is -3.58. The van der Waals surface area contributed by atoms with Crippen LogP contribution in [0.3, 0.4) is 0 Å². The fourth-order valence-corrected chi connectivity index (χ4v) is 6.13. The largest absolute Gasteiger partial charge is 0.324 e. The third kappa shape index (κ3) is 3.47. The summed E-state index contributed by atoms with van der Waals surface area (Å²) in [4.78, 5) is 42.0. The molecule has 5 rings (SSSR count). The number of carbonyl (C=O) groups is 3. The maximum atomic E-state index is 14.0. The molecule has 6 nitrogen and oxygen atoms in total. The zero-order valence-electron chi connectivity index (χ0n) is 19.3. The van der Waals surface area contributed by atoms with Crippen LogP contribution in [-0.4, -0.2) is 30.0 Å². The maximum absolute atomic E-state index is 14.0. The zero-order valence-corrected chi connectivity index (χ0v) is 20.1. The van der Waals surface area contributed by atoms with Gasteiger partial charge in [-0.1, -0.05) is 48.0 Å². The van der Waals surface area contributed by atoms with Crippen molar-refractivity contribution in [3.8, 4) is 0 Å². The van der Waals surface area contributed by atoms with Crippen LogP contribution in [0.5, 0.6) is 0 Å². The third-order valence-electron chi connectivity index (χ3n) is 6.28. The summed E-state index contributed by atoms with van der Waals surface area (Å²) in [6.07, 6.45) is 0. The van der Waals surface area contributed by atoms with E-state index >= 15 is 0 Å². The molecule has 1 spiro atoms. The Balaban J connectivity index is 1.51. The van der Waals surface area contributed by atoms with Crippen LogP contribution in [-0.2, 0) is 19.3 Å². The molecular weight excluding hydrogens is 446 g/mol. The van der Waals surface area contributed by atoms with Gasteiger partial charge in [0, 0.05) is 16.9 Å². The van der Waals surface area contributed by atoms with Crippen LogP contribution in [0.2, 0.25) is 0 Å². The maximum Gasteiger partial charge on any atom is 0.269 e. The highest BCUT2D eigenvalue weighted by Gasteiger charge is 2.61. The van der Waals surface area contributed by atoms with E-state index in [2.05, 4.69) is 5.32 Å². The standard InChI is InChI=1S/C27H25N3O3S/c1-17-7-6-8-20(14-17)30-25(32)16-34-27(30)21-9-4-5-10-23(21)29(26(27)33)15-24(31)28-22-12-11-18(2)13-19(22)3/h4-14H,15-16H2,1-3H3,(H,28,31). The van der Waals surface area contributed by atoms with Gasteiger partial charge in [-0.25, -0.2) is 0 Å². The Labute approximate surface area is 202 Å². The highest BCUT2D eigenvalue weighted by Crippen LogP contribution is 2.55. The number of anilines is 3. The molecule has 2 aliphatic heterocycles. The van der Waals surface area contributed by atoms with Crippen LogP contribution in [0.1, 0.15) is 22.3 Å². The van der Waals surface area contributed by atoms with Gasteiger partial charge in [-0.3, -0.25) is 24.2 Å². The molecule has 0 radical (unpaired) electrons. The number of aryl methyl sites for hydroxylation is 3. The lowest BCUT2D eigenvalue weighted by atomic mass is 10.0. The van der Waals surface area contributed by atoms with Gasteiger partial charge < -0.3 is 5.32 Å². The Kier molecular flexibility index (Phi) is 5.44. The normalized spacial score (nSPS) is 19.1. The first kappa shape index (κ1) is 22.2. The molecule has 0 aromatic heterocycles. The van der Waals surface area contributed by atoms with E-state index in [4.69, 9.17) is 0 Å². The number of para-hydroxylation sites is 1. The summed E-state index contributed by atoms with van der Waals surface area (Å²) >= 11 is 1.31. The van der Waals surface area contributed by atoms with Crippen LogP contribution in [0.4, 0.5) is 17.1 Å². The Bertz CT molecular complexity index is 1340. The predicted molar refractivity (Wildman–Crippen MR) is 136 cm³/mol. The lowest BCUT2D eigenvalue weighted by molar-refractivity contribution is -0.124. The number of hydrogen-bond donors (Lipinski definition) is 1. The lowest BCUT2D eigenvalue weighted by Crippen LogP contribution is -2.50. The monoisotopic (exact) mass is 471 g/mol. The molecule has 1 saturated heterocycles. The molecule has 172 valence electrons. The Morgan fingerprint density at radius 3 is 2.50 bits per heavy atom. The Morgan fingerprint density at radius 1 is 0.971 bits per heavy atom. The molecule has 0 aliphatic carbocycles. The fraction of sp³-hybridized carbons (Fsp3) is 0.222. The number of rotatable bonds is 4. The minimum absolute atomic E-state index is 0.125. The van der Waals surface area contributed by atoms with Gasteiger partial charge in [-0.05, 0) is 56.2 Å². The second-order valence-corrected chi connectivity index (χ2v) is 9.94. The molecule has 1 fully saturated rings. The van der Waals surface area contributed by atoms with Crippen molar-refractivity contribution in [2.24, 2.45) is 0 Å². The first-order valence-corrected chi connectivity index (χ1v) is 12.1. The lowest BCUT2D eigenvalue weighted by Gasteiger charge is -2.33. The average molecular weight is 472 g/mol. The molecular formula is C27H25N3O3S. The topological polar surface area (TPSA) is 69.7 Å². The van der Waals surface area contributed by atoms with E-state index in [1.54, 1.807) is 4.90 Å². The van der Waals surface area contributed by atoms with Crippen molar-refractivity contribution < 1.29 is 14.4 Å². The van der Waals surface area contributed by atoms with Crippen LogP contribution < -0.4 is 15.1 Å². The van der Waals surface area contributed by atoms with Crippen molar-refractivity contribution in [1.29, 1.82) is 0 Å². The van der Waals surface area contributed by atoms with Crippen molar-refractivity contribution in [3.63, 3.8) is 0 Å². The molecule has 3 aromatic rings. The van der Waals surface area contributed by atoms with E-state index in [9.17, 15) is 14.4 Å². The fourth-order valence-electron chi connectivity index (χ4n) is 4.77. The minimum Gasteiger partial charge on any atom is -0.324 e. The molecule has 1 atom stereocenters. The number of thioether (sulfide) groups is 1. The van der Waals surface area contributed by atoms with E-state index in [0.717, 1.165) is 27.9 Å². The van der Waals surface area contributed by atoms with Gasteiger partial charge in [0.25, 0.3) is 5.91 Å². The van der Waals surface area contributed by atoms with Gasteiger partial charge in [-0.15, -0.1) is 11.8 Å². The molecule has 2 aliphatic rings. The molecule has 2 heterocycles. The number of amides is 3. The van der Waals surface area contributed by atoms with E-state index in [1.807, 2.05) is 87.5 Å². The number of carbonyl (C=O) groups excluding carboxylic acids is 3. The third-order valence-corrected chi connectivity index (χ3v) is 7.67. The van der Waals surface area contributed by atoms with Crippen LogP contribution in [0, 0.1) is 20.8 Å². The highest BCUT2D eigenvalue weighted by molar-refractivity contribution is 8.02. The van der Waals surface area contributed by atoms with Gasteiger partial charge in [0.1, 0.15) is 6.54 Å². The summed E-state index contributed by atoms with van der Waals surface area (Å²) in [5.74, 6) is -0.498. The predicted octanol–water partition coefficient (Wildman–Crippen LogP) is 4.53. The van der Waals surface area contributed by atoms with Gasteiger partial charge >= 0.3 is 0 Å². The summed E-state index contributed by atoms with van der Waals surface area (Å²) in [6.45, 7) is 5.76. The first-order valence-electron chi connectivity index (χ1n) is 11.1. The number of benzene rings is 3. The molecule has 0 saturated carbocycles. The first-order chi connectivity index (χ1) is 16.3. The van der Waals surface area contributed by atoms with Gasteiger partial charge in [-0.2, -0.15) is 0 Å². The van der Waals surface area contributed by atoms with Gasteiger partial charge in [0.05, 0.1) is 11.4 Å². The van der Waals surface area contributed by atoms with Gasteiger partial charge in [0.2, 0.25) is 16.7 Å². The van der Waals surface area contributed by atoms with Crippen LogP contribution in [0.25, 0.3) is 0 Å². The molecule has 1 unspecified atom stereocenters. The Morgan fingerprint density at radius 2 is 1.74 bits per heavy atom.